The van der Waals surface area contributed by atoms with Crippen LogP contribution in [0.1, 0.15) is 83.1 Å². The van der Waals surface area contributed by atoms with Crippen LogP contribution in [0.15, 0.2) is 16.2 Å². The lowest BCUT2D eigenvalue weighted by molar-refractivity contribution is 0.0946. The van der Waals surface area contributed by atoms with E-state index < -0.39 is 119 Å². The molecule has 1 amide bonds. The predicted molar refractivity (Wildman–Crippen MR) is 105 cm³/mol. The molecule has 2 aromatic rings. The van der Waals surface area contributed by atoms with Gasteiger partial charge >= 0.3 is 0 Å². The van der Waals surface area contributed by atoms with Gasteiger partial charge in [0.05, 0.1) is 9.50 Å². The fourth-order valence-electron chi connectivity index (χ4n) is 2.05. The molecule has 1 saturated heterocycles. The van der Waals surface area contributed by atoms with Crippen molar-refractivity contribution in [1.29, 1.82) is 1.43 Å². The summed E-state index contributed by atoms with van der Waals surface area (Å²) in [6.45, 7) is -18.5. The number of carbonyl (C=O) groups is 1. The number of carbonyl (C=O) groups excluding carboxylic acids is 1. The Morgan fingerprint density at radius 3 is 3.19 bits per heavy atom. The van der Waals surface area contributed by atoms with Crippen LogP contribution in [-0.4, -0.2) is 47.9 Å². The minimum Gasteiger partial charge on any atom is -0.506 e. The second-order valence-corrected chi connectivity index (χ2v) is 5.58. The molecule has 0 bridgehead atoms. The summed E-state index contributed by atoms with van der Waals surface area (Å²) in [7, 11) is 0. The van der Waals surface area contributed by atoms with Crippen molar-refractivity contribution >= 4 is 27.5 Å². The first-order chi connectivity index (χ1) is 21.1. The van der Waals surface area contributed by atoms with Crippen molar-refractivity contribution in [1.82, 2.24) is 14.8 Å². The average molecular weight is 400 g/mol. The number of hydrogen-bond acceptors (Lipinski definition) is 5. The Morgan fingerprint density at radius 2 is 2.46 bits per heavy atom. The highest BCUT2D eigenvalue weighted by atomic mass is 32.1. The molecule has 3 rings (SSSR count). The van der Waals surface area contributed by atoms with Crippen molar-refractivity contribution in [2.75, 3.05) is 26.0 Å². The van der Waals surface area contributed by atoms with Gasteiger partial charge in [-0.15, -0.1) is 11.3 Å². The van der Waals surface area contributed by atoms with Crippen LogP contribution in [-0.2, 0) is 0 Å². The van der Waals surface area contributed by atoms with Gasteiger partial charge in [0.2, 0.25) is 0 Å². The second-order valence-electron chi connectivity index (χ2n) is 4.78. The quantitative estimate of drug-likeness (QED) is 0.751. The van der Waals surface area contributed by atoms with Crippen LogP contribution < -0.4 is 10.9 Å². The van der Waals surface area contributed by atoms with E-state index in [1.165, 1.54) is 0 Å². The van der Waals surface area contributed by atoms with Crippen molar-refractivity contribution in [3.05, 3.63) is 27.3 Å². The maximum atomic E-state index is 13.7. The molecule has 6 nitrogen and oxygen atoms in total. The molecule has 1 unspecified atom stereocenters. The van der Waals surface area contributed by atoms with Crippen LogP contribution in [0.3, 0.4) is 0 Å². The van der Waals surface area contributed by atoms with Gasteiger partial charge in [-0.1, -0.05) is 6.37 Å². The minimum atomic E-state index is -4.07. The smallest absolute Gasteiger partial charge is 0.293 e. The Kier molecular flexibility index (Phi) is 1.76. The van der Waals surface area contributed by atoms with Crippen molar-refractivity contribution in [2.45, 2.75) is 45.3 Å². The zero-order valence-corrected chi connectivity index (χ0v) is 14.0. The molecule has 0 aromatic carbocycles. The fraction of sp³-hybridized carbons (Fsp3) is 0.579. The molecule has 2 aromatic heterocycles. The first kappa shape index (κ1) is 5.58. The Labute approximate surface area is 188 Å². The lowest BCUT2D eigenvalue weighted by atomic mass is 10.1. The van der Waals surface area contributed by atoms with Crippen molar-refractivity contribution in [3.8, 4) is 5.75 Å². The van der Waals surface area contributed by atoms with Gasteiger partial charge in [0, 0.05) is 35.8 Å². The number of fused-ring (bicyclic) bond motifs is 1. The number of pyridine rings is 1. The topological polar surface area (TPSA) is 74.6 Å². The molecule has 0 spiro atoms. The average Bonchev–Trinajstić information content (AvgIpc) is 3.16. The number of aromatic nitrogens is 1. The van der Waals surface area contributed by atoms with Gasteiger partial charge in [0.1, 0.15) is 16.1 Å². The summed E-state index contributed by atoms with van der Waals surface area (Å²) >= 11 is 0.298. The molecule has 3 heterocycles. The number of nitrogens with one attached hydrogen (secondary N) is 1. The van der Waals surface area contributed by atoms with Crippen LogP contribution >= 0.6 is 11.3 Å². The van der Waals surface area contributed by atoms with Gasteiger partial charge in [-0.2, -0.15) is 0 Å². The zero-order chi connectivity index (χ0) is 38.0. The Hall–Kier alpha value is -1.86. The van der Waals surface area contributed by atoms with E-state index >= 15 is 0 Å². The Morgan fingerprint density at radius 1 is 1.65 bits per heavy atom. The third kappa shape index (κ3) is 3.78. The van der Waals surface area contributed by atoms with E-state index in [1.54, 1.807) is 0 Å². The van der Waals surface area contributed by atoms with Crippen LogP contribution in [0.4, 0.5) is 0 Å². The van der Waals surface area contributed by atoms with Crippen molar-refractivity contribution in [2.24, 2.45) is 0 Å². The largest absolute Gasteiger partial charge is 0.506 e. The molecule has 7 heteroatoms. The number of rotatable bonds is 7. The van der Waals surface area contributed by atoms with Crippen LogP contribution in [0, 0.1) is 0 Å². The minimum absolute atomic E-state index is 0.156. The number of piperidine rings is 1. The van der Waals surface area contributed by atoms with Gasteiger partial charge in [-0.3, -0.25) is 14.2 Å². The highest BCUT2D eigenvalue weighted by Crippen LogP contribution is 2.31. The molecular formula is C19H27N3O3S. The lowest BCUT2D eigenvalue weighted by Gasteiger charge is -2.26. The standard InChI is InChI=1S/C19H27N3O3S/c1-13(2)22-18(25)15(16(23)14-7-12-26-19(14)22)17(24)20-8-6-11-21-9-4-3-5-10-21/h7,12-13,23H,3-6,8-11H2,1-2H3,(H,20,24)/i1D3,3D2,4D2,5D2,7D,8D2,9D2,10D2,11D2,12D,13D/hD2. The summed E-state index contributed by atoms with van der Waals surface area (Å²) in [6, 6.07) is -3.78. The van der Waals surface area contributed by atoms with E-state index in [2.05, 4.69) is 5.11 Å². The molecule has 0 radical (unpaired) electrons. The van der Waals surface area contributed by atoms with Gasteiger partial charge in [-0.25, -0.2) is 0 Å². The number of amides is 1. The Balaban J connectivity index is 2.26. The maximum absolute atomic E-state index is 13.7. The molecule has 142 valence electrons. The first-order valence-electron chi connectivity index (χ1n) is 17.9. The first-order valence-corrected chi connectivity index (χ1v) is 7.83. The summed E-state index contributed by atoms with van der Waals surface area (Å²) in [5.41, 5.74) is -3.29. The summed E-state index contributed by atoms with van der Waals surface area (Å²) in [6.07, 6.45) is -14.0. The van der Waals surface area contributed by atoms with E-state index in [4.69, 9.17) is 30.3 Å². The van der Waals surface area contributed by atoms with E-state index in [0.29, 0.717) is 18.3 Å². The molecule has 2 N–H and O–H groups in total. The number of hydrogen-bond donors (Lipinski definition) is 2. The molecule has 1 fully saturated rings. The summed E-state index contributed by atoms with van der Waals surface area (Å²) in [5.74, 6) is -3.27. The number of likely N-dealkylation sites (tertiary alicyclic amines) is 1. The van der Waals surface area contributed by atoms with Gasteiger partial charge < -0.3 is 15.3 Å². The molecular weight excluding hydrogens is 350 g/mol. The van der Waals surface area contributed by atoms with E-state index in [1.807, 2.05) is 0 Å². The number of aromatic hydroxyl groups is 1. The van der Waals surface area contributed by atoms with Crippen LogP contribution in [0.25, 0.3) is 10.2 Å². The Bertz CT molecular complexity index is 1660. The number of thiophene rings is 1. The summed E-state index contributed by atoms with van der Waals surface area (Å²) in [4.78, 5) is 26.1. The third-order valence-corrected chi connectivity index (χ3v) is 3.90. The predicted octanol–water partition coefficient (Wildman–Crippen LogP) is 2.96. The van der Waals surface area contributed by atoms with Gasteiger partial charge in [0.15, 0.2) is 1.41 Å². The molecule has 26 heavy (non-hydrogen) atoms. The van der Waals surface area contributed by atoms with Crippen molar-refractivity contribution in [3.63, 3.8) is 0 Å². The molecule has 1 aliphatic rings. The van der Waals surface area contributed by atoms with Crippen LogP contribution in [0.5, 0.6) is 5.75 Å². The zero-order valence-electron chi connectivity index (χ0n) is 35.2. The van der Waals surface area contributed by atoms with Gasteiger partial charge in [0.25, 0.3) is 12.9 Å². The normalized spacial score (nSPS) is 41.4. The SMILES string of the molecule is [2H]Oc1c(C(=O)N([2H])C([2H])([2H])CC([2H])([2H])N2C([2H])([2H])C([2H])([2H])C([2H])([2H])C([2H])([2H])C2([2H])[2H])c(=O)n(C([2H])(C)C([2H])([2H])[2H])c2sc([2H])c([2H])c12. The lowest BCUT2D eigenvalue weighted by Crippen LogP contribution is -2.36. The second kappa shape index (κ2) is 8.22. The highest BCUT2D eigenvalue weighted by Gasteiger charge is 2.23. The third-order valence-electron chi connectivity index (χ3n) is 3.12. The summed E-state index contributed by atoms with van der Waals surface area (Å²) in [5, 5.41) is 2.24. The van der Waals surface area contributed by atoms with E-state index in [9.17, 15) is 9.59 Å². The van der Waals surface area contributed by atoms with E-state index in [-0.39, 0.29) is 4.57 Å². The van der Waals surface area contributed by atoms with Crippen LogP contribution in [0.2, 0.25) is 1.41 Å². The fourth-order valence-corrected chi connectivity index (χ4v) is 2.85. The molecule has 1 aliphatic heterocycles. The van der Waals surface area contributed by atoms with Crippen molar-refractivity contribution < 1.29 is 38.7 Å². The van der Waals surface area contributed by atoms with Gasteiger partial charge in [-0.05, 0) is 63.8 Å². The monoisotopic (exact) mass is 399 g/mol. The molecule has 0 saturated carbocycles. The summed E-state index contributed by atoms with van der Waals surface area (Å²) < 4.78 is 178. The number of nitrogens with zero attached hydrogens (tertiary/aromatic N) is 2. The molecule has 1 atom stereocenters. The van der Waals surface area contributed by atoms with E-state index in [0.717, 1.165) is 0 Å². The highest BCUT2D eigenvalue weighted by molar-refractivity contribution is 7.16. The molecule has 0 aliphatic carbocycles. The maximum Gasteiger partial charge on any atom is 0.293 e.